The maximum atomic E-state index is 2.18. The van der Waals surface area contributed by atoms with Crippen LogP contribution >= 0.6 is 0 Å². The highest BCUT2D eigenvalue weighted by atomic mass is 13.7. The first-order valence-electron chi connectivity index (χ1n) is 3.86. The molecule has 0 aliphatic heterocycles. The molecule has 0 radical (unpaired) electrons. The van der Waals surface area contributed by atoms with Gasteiger partial charge in [0.25, 0.3) is 0 Å². The van der Waals surface area contributed by atoms with Crippen LogP contribution in [0.3, 0.4) is 0 Å². The Labute approximate surface area is 64.0 Å². The molecular weight excluding hydrogens is 120 g/mol. The summed E-state index contributed by atoms with van der Waals surface area (Å²) in [6.07, 6.45) is 14.8. The van der Waals surface area contributed by atoms with Gasteiger partial charge in [-0.05, 0) is 13.3 Å². The van der Waals surface area contributed by atoms with Gasteiger partial charge < -0.3 is 0 Å². The highest BCUT2D eigenvalue weighted by Gasteiger charge is 1.67. The molecule has 0 aromatic carbocycles. The van der Waals surface area contributed by atoms with Crippen molar-refractivity contribution in [2.75, 3.05) is 0 Å². The summed E-state index contributed by atoms with van der Waals surface area (Å²) in [5.41, 5.74) is 0. The smallest absolute Gasteiger partial charge is 0.0350 e. The Morgan fingerprint density at radius 1 is 1.00 bits per heavy atom. The van der Waals surface area contributed by atoms with Gasteiger partial charge in [-0.2, -0.15) is 0 Å². The third kappa shape index (κ3) is 7.22. The van der Waals surface area contributed by atoms with Gasteiger partial charge in [0.05, 0.1) is 0 Å². The third-order valence-electron chi connectivity index (χ3n) is 1.12. The summed E-state index contributed by atoms with van der Waals surface area (Å²) in [5.74, 6) is 0. The van der Waals surface area contributed by atoms with Gasteiger partial charge in [-0.15, -0.1) is 0 Å². The Morgan fingerprint density at radius 3 is 2.30 bits per heavy atom. The van der Waals surface area contributed by atoms with Crippen molar-refractivity contribution in [2.24, 2.45) is 0 Å². The third-order valence-corrected chi connectivity index (χ3v) is 1.12. The van der Waals surface area contributed by atoms with E-state index in [1.165, 1.54) is 12.8 Å². The molecule has 56 valence electrons. The van der Waals surface area contributed by atoms with E-state index in [1.54, 1.807) is 0 Å². The van der Waals surface area contributed by atoms with Crippen LogP contribution in [0.5, 0.6) is 0 Å². The van der Waals surface area contributed by atoms with Crippen LogP contribution in [0.15, 0.2) is 36.5 Å². The predicted octanol–water partition coefficient (Wildman–Crippen LogP) is 3.48. The first-order valence-corrected chi connectivity index (χ1v) is 3.86. The first-order chi connectivity index (χ1) is 4.91. The minimum Gasteiger partial charge on any atom is -0.0877 e. The second-order valence-electron chi connectivity index (χ2n) is 2.13. The highest BCUT2D eigenvalue weighted by Crippen LogP contribution is 1.88. The van der Waals surface area contributed by atoms with Gasteiger partial charge in [-0.1, -0.05) is 49.8 Å². The summed E-state index contributed by atoms with van der Waals surface area (Å²) >= 11 is 0. The molecule has 0 heterocycles. The molecule has 0 amide bonds. The van der Waals surface area contributed by atoms with Crippen molar-refractivity contribution in [1.29, 1.82) is 0 Å². The summed E-state index contributed by atoms with van der Waals surface area (Å²) in [7, 11) is 0. The lowest BCUT2D eigenvalue weighted by Crippen LogP contribution is -1.58. The van der Waals surface area contributed by atoms with Crippen molar-refractivity contribution < 1.29 is 0 Å². The van der Waals surface area contributed by atoms with Gasteiger partial charge in [-0.3, -0.25) is 0 Å². The number of hydrogen-bond donors (Lipinski definition) is 0. The molecule has 0 saturated heterocycles. The Balaban J connectivity index is 3.32. The Hall–Kier alpha value is -0.780. The lowest BCUT2D eigenvalue weighted by atomic mass is 10.3. The van der Waals surface area contributed by atoms with Gasteiger partial charge in [0.1, 0.15) is 0 Å². The lowest BCUT2D eigenvalue weighted by Gasteiger charge is -1.78. The van der Waals surface area contributed by atoms with E-state index < -0.39 is 0 Å². The topological polar surface area (TPSA) is 0 Å². The molecule has 0 nitrogen and oxygen atoms in total. The van der Waals surface area contributed by atoms with E-state index in [4.69, 9.17) is 0 Å². The SMILES string of the molecule is C/C=C/C=C/C=C/CCC. The number of unbranched alkanes of at least 4 members (excludes halogenated alkanes) is 1. The second kappa shape index (κ2) is 8.22. The summed E-state index contributed by atoms with van der Waals surface area (Å²) in [6.45, 7) is 4.19. The first kappa shape index (κ1) is 9.22. The average molecular weight is 136 g/mol. The van der Waals surface area contributed by atoms with Crippen LogP contribution in [0.4, 0.5) is 0 Å². The van der Waals surface area contributed by atoms with Crippen molar-refractivity contribution in [3.8, 4) is 0 Å². The van der Waals surface area contributed by atoms with Crippen molar-refractivity contribution in [2.45, 2.75) is 26.7 Å². The van der Waals surface area contributed by atoms with E-state index >= 15 is 0 Å². The fourth-order valence-corrected chi connectivity index (χ4v) is 0.581. The molecule has 0 bridgehead atoms. The van der Waals surface area contributed by atoms with Gasteiger partial charge in [-0.25, -0.2) is 0 Å². The summed E-state index contributed by atoms with van der Waals surface area (Å²) < 4.78 is 0. The molecular formula is C10H16. The maximum Gasteiger partial charge on any atom is -0.0350 e. The molecule has 0 unspecified atom stereocenters. The van der Waals surface area contributed by atoms with Gasteiger partial charge >= 0.3 is 0 Å². The summed E-state index contributed by atoms with van der Waals surface area (Å²) in [5, 5.41) is 0. The molecule has 0 heteroatoms. The normalized spacial score (nSPS) is 12.6. The van der Waals surface area contributed by atoms with E-state index in [2.05, 4.69) is 25.2 Å². The van der Waals surface area contributed by atoms with Crippen LogP contribution < -0.4 is 0 Å². The maximum absolute atomic E-state index is 2.18. The summed E-state index contributed by atoms with van der Waals surface area (Å²) in [6, 6.07) is 0. The molecule has 0 atom stereocenters. The van der Waals surface area contributed by atoms with Gasteiger partial charge in [0.15, 0.2) is 0 Å². The highest BCUT2D eigenvalue weighted by molar-refractivity contribution is 5.10. The molecule has 0 aliphatic carbocycles. The van der Waals surface area contributed by atoms with Gasteiger partial charge in [0.2, 0.25) is 0 Å². The van der Waals surface area contributed by atoms with Crippen LogP contribution in [0, 0.1) is 0 Å². The second-order valence-corrected chi connectivity index (χ2v) is 2.13. The zero-order chi connectivity index (χ0) is 7.66. The van der Waals surface area contributed by atoms with E-state index in [-0.39, 0.29) is 0 Å². The molecule has 0 spiro atoms. The van der Waals surface area contributed by atoms with E-state index in [1.807, 2.05) is 25.2 Å². The molecule has 0 fully saturated rings. The summed E-state index contributed by atoms with van der Waals surface area (Å²) in [4.78, 5) is 0. The monoisotopic (exact) mass is 136 g/mol. The molecule has 0 aliphatic rings. The molecule has 0 aromatic heterocycles. The van der Waals surface area contributed by atoms with Crippen LogP contribution in [0.25, 0.3) is 0 Å². The zero-order valence-electron chi connectivity index (χ0n) is 6.88. The van der Waals surface area contributed by atoms with Crippen molar-refractivity contribution in [1.82, 2.24) is 0 Å². The standard InChI is InChI=1S/C10H16/c1-3-5-7-9-10-8-6-4-2/h3,5,7-10H,4,6H2,1-2H3/b5-3+,9-7+,10-8+. The predicted molar refractivity (Wildman–Crippen MR) is 48.0 cm³/mol. The minimum atomic E-state index is 1.18. The molecule has 0 aromatic rings. The van der Waals surface area contributed by atoms with Crippen LogP contribution in [-0.2, 0) is 0 Å². The minimum absolute atomic E-state index is 1.18. The quantitative estimate of drug-likeness (QED) is 0.519. The Bertz CT molecular complexity index is 127. The average Bonchev–Trinajstić information content (AvgIpc) is 1.97. The van der Waals surface area contributed by atoms with E-state index in [0.717, 1.165) is 0 Å². The zero-order valence-corrected chi connectivity index (χ0v) is 6.88. The fraction of sp³-hybridized carbons (Fsp3) is 0.400. The van der Waals surface area contributed by atoms with Crippen molar-refractivity contribution in [3.05, 3.63) is 36.5 Å². The van der Waals surface area contributed by atoms with E-state index in [9.17, 15) is 0 Å². The number of allylic oxidation sites excluding steroid dienone is 6. The molecule has 0 N–H and O–H groups in total. The molecule has 0 rings (SSSR count). The number of rotatable bonds is 4. The lowest BCUT2D eigenvalue weighted by molar-refractivity contribution is 0.959. The number of hydrogen-bond acceptors (Lipinski definition) is 0. The molecule has 10 heavy (non-hydrogen) atoms. The molecule has 0 saturated carbocycles. The van der Waals surface area contributed by atoms with Crippen molar-refractivity contribution in [3.63, 3.8) is 0 Å². The fourth-order valence-electron chi connectivity index (χ4n) is 0.581. The van der Waals surface area contributed by atoms with Crippen LogP contribution in [0.2, 0.25) is 0 Å². The largest absolute Gasteiger partial charge is 0.0877 e. The van der Waals surface area contributed by atoms with Gasteiger partial charge in [0, 0.05) is 0 Å². The van der Waals surface area contributed by atoms with Crippen molar-refractivity contribution >= 4 is 0 Å². The Kier molecular flexibility index (Phi) is 7.58. The van der Waals surface area contributed by atoms with Crippen LogP contribution in [-0.4, -0.2) is 0 Å². The van der Waals surface area contributed by atoms with E-state index in [0.29, 0.717) is 0 Å². The Morgan fingerprint density at radius 2 is 1.70 bits per heavy atom. The van der Waals surface area contributed by atoms with Crippen LogP contribution in [0.1, 0.15) is 26.7 Å².